The standard InChI is InChI=1S/C23H25NO6/c1-15(25)17-5-9-19(10-6-17)24-22(26)16(2)30-23(27)18-7-11-20(12-8-18)29-14-21-4-3-13-28-21/h5-12,16,21H,3-4,13-14H2,1-2H3,(H,24,26). The molecule has 1 aliphatic heterocycles. The molecule has 1 aliphatic rings. The van der Waals surface area contributed by atoms with Crippen molar-refractivity contribution in [1.29, 1.82) is 0 Å². The summed E-state index contributed by atoms with van der Waals surface area (Å²) in [6.45, 7) is 4.22. The number of ether oxygens (including phenoxy) is 3. The molecule has 0 aliphatic carbocycles. The number of rotatable bonds is 8. The molecular weight excluding hydrogens is 386 g/mol. The van der Waals surface area contributed by atoms with Crippen LogP contribution in [-0.4, -0.2) is 43.1 Å². The summed E-state index contributed by atoms with van der Waals surface area (Å²) < 4.78 is 16.4. The highest BCUT2D eigenvalue weighted by Gasteiger charge is 2.20. The van der Waals surface area contributed by atoms with Crippen LogP contribution in [0.5, 0.6) is 5.75 Å². The Labute approximate surface area is 175 Å². The Morgan fingerprint density at radius 1 is 1.07 bits per heavy atom. The summed E-state index contributed by atoms with van der Waals surface area (Å²) in [5.41, 5.74) is 1.39. The molecule has 0 bridgehead atoms. The predicted octanol–water partition coefficient (Wildman–Crippen LogP) is 3.63. The van der Waals surface area contributed by atoms with Gasteiger partial charge < -0.3 is 19.5 Å². The second-order valence-electron chi connectivity index (χ2n) is 7.14. The lowest BCUT2D eigenvalue weighted by atomic mass is 10.1. The van der Waals surface area contributed by atoms with Crippen LogP contribution in [0.25, 0.3) is 0 Å². The molecule has 3 rings (SSSR count). The lowest BCUT2D eigenvalue weighted by molar-refractivity contribution is -0.123. The van der Waals surface area contributed by atoms with E-state index in [1.807, 2.05) is 0 Å². The van der Waals surface area contributed by atoms with Gasteiger partial charge >= 0.3 is 5.97 Å². The van der Waals surface area contributed by atoms with Gasteiger partial charge in [-0.1, -0.05) is 0 Å². The smallest absolute Gasteiger partial charge is 0.338 e. The van der Waals surface area contributed by atoms with Gasteiger partial charge in [0.2, 0.25) is 0 Å². The summed E-state index contributed by atoms with van der Waals surface area (Å²) in [4.78, 5) is 35.9. The van der Waals surface area contributed by atoms with Gasteiger partial charge in [-0.2, -0.15) is 0 Å². The van der Waals surface area contributed by atoms with E-state index in [0.717, 1.165) is 19.4 Å². The van der Waals surface area contributed by atoms with Gasteiger partial charge in [0.25, 0.3) is 5.91 Å². The number of hydrogen-bond donors (Lipinski definition) is 1. The fourth-order valence-electron chi connectivity index (χ4n) is 2.97. The maximum absolute atomic E-state index is 12.3. The Morgan fingerprint density at radius 3 is 2.33 bits per heavy atom. The molecule has 0 radical (unpaired) electrons. The zero-order valence-electron chi connectivity index (χ0n) is 17.1. The lowest BCUT2D eigenvalue weighted by Crippen LogP contribution is -2.30. The Bertz CT molecular complexity index is 885. The van der Waals surface area contributed by atoms with E-state index in [2.05, 4.69) is 5.32 Å². The number of Topliss-reactive ketones (excluding diaryl/α,β-unsaturated/α-hetero) is 1. The van der Waals surface area contributed by atoms with E-state index >= 15 is 0 Å². The third-order valence-corrected chi connectivity index (χ3v) is 4.76. The molecule has 2 aromatic carbocycles. The monoisotopic (exact) mass is 411 g/mol. The number of esters is 1. The molecule has 1 N–H and O–H groups in total. The van der Waals surface area contributed by atoms with E-state index in [1.54, 1.807) is 48.5 Å². The van der Waals surface area contributed by atoms with E-state index in [4.69, 9.17) is 14.2 Å². The summed E-state index contributed by atoms with van der Waals surface area (Å²) in [7, 11) is 0. The van der Waals surface area contributed by atoms with Crippen molar-refractivity contribution in [3.05, 3.63) is 59.7 Å². The van der Waals surface area contributed by atoms with Crippen LogP contribution in [-0.2, 0) is 14.3 Å². The van der Waals surface area contributed by atoms with Crippen molar-refractivity contribution in [1.82, 2.24) is 0 Å². The SMILES string of the molecule is CC(=O)c1ccc(NC(=O)C(C)OC(=O)c2ccc(OCC3CCCO3)cc2)cc1. The van der Waals surface area contributed by atoms with Crippen molar-refractivity contribution in [3.63, 3.8) is 0 Å². The van der Waals surface area contributed by atoms with E-state index < -0.39 is 18.0 Å². The second-order valence-corrected chi connectivity index (χ2v) is 7.14. The van der Waals surface area contributed by atoms with Gasteiger partial charge in [-0.25, -0.2) is 4.79 Å². The highest BCUT2D eigenvalue weighted by atomic mass is 16.5. The topological polar surface area (TPSA) is 90.9 Å². The molecule has 1 fully saturated rings. The van der Waals surface area contributed by atoms with Gasteiger partial charge in [0.15, 0.2) is 11.9 Å². The van der Waals surface area contributed by atoms with Crippen LogP contribution in [0.4, 0.5) is 5.69 Å². The van der Waals surface area contributed by atoms with Crippen molar-refractivity contribution < 1.29 is 28.6 Å². The zero-order valence-corrected chi connectivity index (χ0v) is 17.1. The van der Waals surface area contributed by atoms with Gasteiger partial charge in [-0.3, -0.25) is 9.59 Å². The van der Waals surface area contributed by atoms with Crippen molar-refractivity contribution in [2.24, 2.45) is 0 Å². The van der Waals surface area contributed by atoms with Gasteiger partial charge in [0, 0.05) is 17.9 Å². The first kappa shape index (κ1) is 21.5. The summed E-state index contributed by atoms with van der Waals surface area (Å²) in [5, 5.41) is 2.66. The molecule has 0 aromatic heterocycles. The molecule has 158 valence electrons. The number of hydrogen-bond acceptors (Lipinski definition) is 6. The Kier molecular flexibility index (Phi) is 7.19. The lowest BCUT2D eigenvalue weighted by Gasteiger charge is -2.14. The van der Waals surface area contributed by atoms with Crippen LogP contribution < -0.4 is 10.1 Å². The van der Waals surface area contributed by atoms with Crippen LogP contribution in [0, 0.1) is 0 Å². The highest BCUT2D eigenvalue weighted by Crippen LogP contribution is 2.17. The molecule has 0 spiro atoms. The first-order chi connectivity index (χ1) is 14.4. The molecule has 1 saturated heterocycles. The Hall–Kier alpha value is -3.19. The van der Waals surface area contributed by atoms with E-state index in [-0.39, 0.29) is 11.9 Å². The van der Waals surface area contributed by atoms with Crippen LogP contribution in [0.3, 0.4) is 0 Å². The number of ketones is 1. The molecule has 1 amide bonds. The molecule has 2 unspecified atom stereocenters. The molecule has 1 heterocycles. The molecule has 7 heteroatoms. The average molecular weight is 411 g/mol. The molecule has 30 heavy (non-hydrogen) atoms. The van der Waals surface area contributed by atoms with Crippen molar-refractivity contribution >= 4 is 23.3 Å². The minimum atomic E-state index is -0.986. The second kappa shape index (κ2) is 10.0. The summed E-state index contributed by atoms with van der Waals surface area (Å²) >= 11 is 0. The van der Waals surface area contributed by atoms with Crippen LogP contribution in [0.15, 0.2) is 48.5 Å². The van der Waals surface area contributed by atoms with E-state index in [1.165, 1.54) is 13.8 Å². The van der Waals surface area contributed by atoms with Crippen LogP contribution >= 0.6 is 0 Å². The fourth-order valence-corrected chi connectivity index (χ4v) is 2.97. The zero-order chi connectivity index (χ0) is 21.5. The average Bonchev–Trinajstić information content (AvgIpc) is 3.26. The van der Waals surface area contributed by atoms with E-state index in [9.17, 15) is 14.4 Å². The summed E-state index contributed by atoms with van der Waals surface area (Å²) in [6, 6.07) is 13.1. The predicted molar refractivity (Wildman–Crippen MR) is 111 cm³/mol. The summed E-state index contributed by atoms with van der Waals surface area (Å²) in [6.07, 6.45) is 1.17. The minimum absolute atomic E-state index is 0.0570. The van der Waals surface area contributed by atoms with Gasteiger partial charge in [0.1, 0.15) is 12.4 Å². The Balaban J connectivity index is 1.48. The first-order valence-electron chi connectivity index (χ1n) is 9.89. The van der Waals surface area contributed by atoms with Crippen LogP contribution in [0.2, 0.25) is 0 Å². The number of anilines is 1. The van der Waals surface area contributed by atoms with Gasteiger partial charge in [0.05, 0.1) is 11.7 Å². The molecule has 0 saturated carbocycles. The fraction of sp³-hybridized carbons (Fsp3) is 0.348. The number of carbonyl (C=O) groups is 3. The van der Waals surface area contributed by atoms with Gasteiger partial charge in [-0.05, 0) is 75.2 Å². The van der Waals surface area contributed by atoms with Crippen molar-refractivity contribution in [2.45, 2.75) is 38.9 Å². The van der Waals surface area contributed by atoms with Crippen molar-refractivity contribution in [2.75, 3.05) is 18.5 Å². The van der Waals surface area contributed by atoms with Crippen molar-refractivity contribution in [3.8, 4) is 5.75 Å². The maximum atomic E-state index is 12.3. The number of amides is 1. The quantitative estimate of drug-likeness (QED) is 0.527. The number of nitrogens with one attached hydrogen (secondary N) is 1. The highest BCUT2D eigenvalue weighted by molar-refractivity contribution is 5.98. The first-order valence-corrected chi connectivity index (χ1v) is 9.89. The largest absolute Gasteiger partial charge is 0.491 e. The van der Waals surface area contributed by atoms with Crippen LogP contribution in [0.1, 0.15) is 47.4 Å². The third-order valence-electron chi connectivity index (χ3n) is 4.76. The third kappa shape index (κ3) is 5.90. The number of benzene rings is 2. The van der Waals surface area contributed by atoms with Gasteiger partial charge in [-0.15, -0.1) is 0 Å². The summed E-state index contributed by atoms with van der Waals surface area (Å²) in [5.74, 6) is -0.481. The number of carbonyl (C=O) groups excluding carboxylic acids is 3. The molecular formula is C23H25NO6. The molecule has 7 nitrogen and oxygen atoms in total. The van der Waals surface area contributed by atoms with E-state index in [0.29, 0.717) is 29.2 Å². The maximum Gasteiger partial charge on any atom is 0.338 e. The normalized spacial score (nSPS) is 16.5. The Morgan fingerprint density at radius 2 is 1.73 bits per heavy atom. The molecule has 2 aromatic rings. The molecule has 2 atom stereocenters. The minimum Gasteiger partial charge on any atom is -0.491 e.